The van der Waals surface area contributed by atoms with Crippen molar-refractivity contribution in [1.29, 1.82) is 0 Å². The fourth-order valence-corrected chi connectivity index (χ4v) is 0.752. The van der Waals surface area contributed by atoms with Crippen molar-refractivity contribution in [3.63, 3.8) is 0 Å². The minimum Gasteiger partial charge on any atom is -0.461 e. The summed E-state index contributed by atoms with van der Waals surface area (Å²) in [5.41, 5.74) is 0. The second-order valence-corrected chi connectivity index (χ2v) is 2.79. The summed E-state index contributed by atoms with van der Waals surface area (Å²) in [5, 5.41) is 0. The fraction of sp³-hybridized carbons (Fsp3) is 0.600. The van der Waals surface area contributed by atoms with Gasteiger partial charge < -0.3 is 4.74 Å². The summed E-state index contributed by atoms with van der Waals surface area (Å²) < 4.78 is 30.5. The third kappa shape index (κ3) is 4.06. The van der Waals surface area contributed by atoms with Gasteiger partial charge in [0, 0.05) is 0 Å². The lowest BCUT2D eigenvalue weighted by Gasteiger charge is -2.15. The first-order valence-electron chi connectivity index (χ1n) is 4.36. The molecule has 0 N–H and O–H groups in total. The molecule has 0 aromatic carbocycles. The maximum absolute atomic E-state index is 12.9. The van der Waals surface area contributed by atoms with Crippen molar-refractivity contribution in [2.45, 2.75) is 39.0 Å². The maximum Gasteiger partial charge on any atom is 0.157 e. The second-order valence-electron chi connectivity index (χ2n) is 2.79. The summed E-state index contributed by atoms with van der Waals surface area (Å²) in [7, 11) is 0. The van der Waals surface area contributed by atoms with Crippen LogP contribution in [0.5, 0.6) is 0 Å². The van der Waals surface area contributed by atoms with Crippen LogP contribution in [-0.2, 0) is 4.74 Å². The van der Waals surface area contributed by atoms with Gasteiger partial charge in [-0.25, -0.2) is 8.78 Å². The third-order valence-electron chi connectivity index (χ3n) is 1.68. The van der Waals surface area contributed by atoms with Crippen LogP contribution in [0.4, 0.5) is 8.78 Å². The highest BCUT2D eigenvalue weighted by molar-refractivity contribution is 5.01. The van der Waals surface area contributed by atoms with Gasteiger partial charge in [0.25, 0.3) is 0 Å². The normalized spacial score (nSPS) is 14.8. The second kappa shape index (κ2) is 5.73. The van der Waals surface area contributed by atoms with Gasteiger partial charge in [-0.1, -0.05) is 27.0 Å². The zero-order valence-electron chi connectivity index (χ0n) is 8.15. The molecule has 0 fully saturated rings. The van der Waals surface area contributed by atoms with Gasteiger partial charge in [-0.05, 0) is 12.8 Å². The van der Waals surface area contributed by atoms with E-state index in [1.807, 2.05) is 0 Å². The summed E-state index contributed by atoms with van der Waals surface area (Å²) in [6.45, 7) is 10.0. The summed E-state index contributed by atoms with van der Waals surface area (Å²) >= 11 is 0. The van der Waals surface area contributed by atoms with Gasteiger partial charge in [0.2, 0.25) is 0 Å². The molecule has 2 atom stereocenters. The topological polar surface area (TPSA) is 9.23 Å². The molecule has 0 radical (unpaired) electrons. The molecule has 13 heavy (non-hydrogen) atoms. The van der Waals surface area contributed by atoms with Crippen LogP contribution in [0.3, 0.4) is 0 Å². The molecule has 2 unspecified atom stereocenters. The summed E-state index contributed by atoms with van der Waals surface area (Å²) in [6.07, 6.45) is -1.95. The Labute approximate surface area is 78.1 Å². The van der Waals surface area contributed by atoms with Crippen LogP contribution >= 0.6 is 0 Å². The molecule has 1 nitrogen and oxygen atoms in total. The van der Waals surface area contributed by atoms with Crippen molar-refractivity contribution in [1.82, 2.24) is 0 Å². The molecule has 0 amide bonds. The van der Waals surface area contributed by atoms with Gasteiger partial charge in [0.05, 0.1) is 0 Å². The Morgan fingerprint density at radius 1 is 1.08 bits per heavy atom. The van der Waals surface area contributed by atoms with Crippen LogP contribution in [0.25, 0.3) is 0 Å². The lowest BCUT2D eigenvalue weighted by Crippen LogP contribution is -2.10. The smallest absolute Gasteiger partial charge is 0.157 e. The summed E-state index contributed by atoms with van der Waals surface area (Å²) in [6, 6.07) is 0. The fourth-order valence-electron chi connectivity index (χ4n) is 0.752. The highest BCUT2D eigenvalue weighted by Crippen LogP contribution is 2.18. The lowest BCUT2D eigenvalue weighted by atomic mass is 10.2. The van der Waals surface area contributed by atoms with Crippen molar-refractivity contribution in [2.24, 2.45) is 0 Å². The van der Waals surface area contributed by atoms with Gasteiger partial charge in [-0.15, -0.1) is 0 Å². The highest BCUT2D eigenvalue weighted by atomic mass is 19.1. The predicted molar refractivity (Wildman–Crippen MR) is 49.7 cm³/mol. The molecule has 0 saturated carbocycles. The first-order chi connectivity index (χ1) is 6.02. The molecular weight excluding hydrogens is 174 g/mol. The number of allylic oxidation sites excluding steroid dienone is 2. The highest BCUT2D eigenvalue weighted by Gasteiger charge is 2.15. The van der Waals surface area contributed by atoms with E-state index in [-0.39, 0.29) is 24.4 Å². The maximum atomic E-state index is 12.9. The van der Waals surface area contributed by atoms with E-state index in [2.05, 4.69) is 13.2 Å². The van der Waals surface area contributed by atoms with Crippen molar-refractivity contribution >= 4 is 0 Å². The molecular formula is C10H16F2O. The van der Waals surface area contributed by atoms with Gasteiger partial charge in [0.1, 0.15) is 11.5 Å². The monoisotopic (exact) mass is 190 g/mol. The molecule has 0 saturated heterocycles. The van der Waals surface area contributed by atoms with E-state index < -0.39 is 12.3 Å². The Morgan fingerprint density at radius 3 is 1.62 bits per heavy atom. The Hall–Kier alpha value is -0.860. The molecule has 0 heterocycles. The van der Waals surface area contributed by atoms with Crippen LogP contribution in [0, 0.1) is 0 Å². The molecule has 0 aromatic rings. The first kappa shape index (κ1) is 12.1. The minimum absolute atomic E-state index is 0.0661. The quantitative estimate of drug-likeness (QED) is 0.582. The molecule has 0 bridgehead atoms. The minimum atomic E-state index is -1.25. The predicted octanol–water partition coefficient (Wildman–Crippen LogP) is 3.53. The number of alkyl halides is 2. The third-order valence-corrected chi connectivity index (χ3v) is 1.68. The van der Waals surface area contributed by atoms with E-state index in [0.717, 1.165) is 0 Å². The molecule has 0 aliphatic carbocycles. The molecule has 3 heteroatoms. The van der Waals surface area contributed by atoms with E-state index in [9.17, 15) is 8.78 Å². The van der Waals surface area contributed by atoms with Crippen molar-refractivity contribution < 1.29 is 13.5 Å². The standard InChI is InChI=1S/C10H16F2O/c1-5-9(11)7(3)13-8(4)10(12)6-2/h9-10H,3-6H2,1-2H3. The Morgan fingerprint density at radius 2 is 1.38 bits per heavy atom. The van der Waals surface area contributed by atoms with Crippen molar-refractivity contribution in [2.75, 3.05) is 0 Å². The van der Waals surface area contributed by atoms with Gasteiger partial charge >= 0.3 is 0 Å². The number of ether oxygens (including phenoxy) is 1. The lowest BCUT2D eigenvalue weighted by molar-refractivity contribution is 0.167. The van der Waals surface area contributed by atoms with Crippen LogP contribution in [0.2, 0.25) is 0 Å². The van der Waals surface area contributed by atoms with E-state index in [0.29, 0.717) is 0 Å². The van der Waals surface area contributed by atoms with Crippen LogP contribution < -0.4 is 0 Å². The van der Waals surface area contributed by atoms with Gasteiger partial charge in [0.15, 0.2) is 12.3 Å². The zero-order valence-corrected chi connectivity index (χ0v) is 8.15. The van der Waals surface area contributed by atoms with Crippen LogP contribution in [0.1, 0.15) is 26.7 Å². The Kier molecular flexibility index (Phi) is 5.35. The van der Waals surface area contributed by atoms with Crippen LogP contribution in [-0.4, -0.2) is 12.3 Å². The molecule has 0 spiro atoms. The largest absolute Gasteiger partial charge is 0.461 e. The van der Waals surface area contributed by atoms with Crippen molar-refractivity contribution in [3.05, 3.63) is 24.7 Å². The number of hydrogen-bond donors (Lipinski definition) is 0. The molecule has 0 aliphatic heterocycles. The average molecular weight is 190 g/mol. The molecule has 0 rings (SSSR count). The molecule has 0 aromatic heterocycles. The number of halogens is 2. The zero-order chi connectivity index (χ0) is 10.4. The summed E-state index contributed by atoms with van der Waals surface area (Å²) in [5.74, 6) is -0.132. The summed E-state index contributed by atoms with van der Waals surface area (Å²) in [4.78, 5) is 0. The van der Waals surface area contributed by atoms with E-state index >= 15 is 0 Å². The number of hydrogen-bond acceptors (Lipinski definition) is 1. The molecule has 76 valence electrons. The number of rotatable bonds is 6. The Balaban J connectivity index is 3.99. The average Bonchev–Trinajstić information content (AvgIpc) is 2.14. The van der Waals surface area contributed by atoms with Crippen LogP contribution in [0.15, 0.2) is 24.7 Å². The van der Waals surface area contributed by atoms with E-state index in [1.165, 1.54) is 0 Å². The SMILES string of the molecule is C=C(OC(=C)C(F)CC)C(F)CC. The van der Waals surface area contributed by atoms with E-state index in [1.54, 1.807) is 13.8 Å². The van der Waals surface area contributed by atoms with E-state index in [4.69, 9.17) is 4.74 Å². The first-order valence-corrected chi connectivity index (χ1v) is 4.36. The molecule has 0 aliphatic rings. The van der Waals surface area contributed by atoms with Gasteiger partial charge in [-0.2, -0.15) is 0 Å². The Bertz CT molecular complexity index is 169. The van der Waals surface area contributed by atoms with Crippen molar-refractivity contribution in [3.8, 4) is 0 Å². The van der Waals surface area contributed by atoms with Gasteiger partial charge in [-0.3, -0.25) is 0 Å².